The van der Waals surface area contributed by atoms with Crippen molar-refractivity contribution < 1.29 is 13.9 Å². The smallest absolute Gasteiger partial charge is 0.338 e. The van der Waals surface area contributed by atoms with E-state index in [4.69, 9.17) is 4.74 Å². The molecule has 0 aliphatic carbocycles. The average molecular weight is 291 g/mol. The molecule has 1 aromatic carbocycles. The molecule has 3 rings (SSSR count). The van der Waals surface area contributed by atoms with Crippen LogP contribution in [-0.2, 0) is 4.74 Å². The Morgan fingerprint density at radius 2 is 1.90 bits per heavy atom. The van der Waals surface area contributed by atoms with Crippen LogP contribution in [0.4, 0.5) is 4.39 Å². The second-order valence-electron chi connectivity index (χ2n) is 6.11. The Bertz CT molecular complexity index is 486. The molecule has 2 fully saturated rings. The minimum atomic E-state index is -0.345. The fraction of sp³-hybridized carbons (Fsp3) is 0.588. The molecule has 0 radical (unpaired) electrons. The maximum absolute atomic E-state index is 12.9. The number of piperidine rings is 2. The highest BCUT2D eigenvalue weighted by Crippen LogP contribution is 2.31. The van der Waals surface area contributed by atoms with E-state index in [1.165, 1.54) is 63.0 Å². The molecular formula is C17H22FNO2. The molecule has 2 atom stereocenters. The standard InChI is InChI=1S/C17H22FNO2/c18-15-8-6-13(7-9-15)17(20)21-12-14-4-3-11-19-10-2-1-5-16(14)19/h6-9,14,16H,1-5,10-12H2/t14-,16+/m0/s1. The Kier molecular flexibility index (Phi) is 4.54. The van der Waals surface area contributed by atoms with Crippen LogP contribution in [0.1, 0.15) is 42.5 Å². The molecule has 2 aliphatic heterocycles. The van der Waals surface area contributed by atoms with E-state index in [0.717, 1.165) is 6.42 Å². The third-order valence-electron chi connectivity index (χ3n) is 4.74. The zero-order valence-corrected chi connectivity index (χ0v) is 12.3. The first-order valence-electron chi connectivity index (χ1n) is 7.91. The summed E-state index contributed by atoms with van der Waals surface area (Å²) in [5.41, 5.74) is 0.424. The van der Waals surface area contributed by atoms with E-state index in [1.807, 2.05) is 0 Å². The van der Waals surface area contributed by atoms with E-state index < -0.39 is 0 Å². The second-order valence-corrected chi connectivity index (χ2v) is 6.11. The molecule has 0 N–H and O–H groups in total. The van der Waals surface area contributed by atoms with Gasteiger partial charge in [-0.2, -0.15) is 0 Å². The van der Waals surface area contributed by atoms with Crippen molar-refractivity contribution in [1.29, 1.82) is 0 Å². The summed E-state index contributed by atoms with van der Waals surface area (Å²) in [5.74, 6) is -0.233. The van der Waals surface area contributed by atoms with Crippen LogP contribution in [0.2, 0.25) is 0 Å². The fourth-order valence-electron chi connectivity index (χ4n) is 3.62. The Labute approximate surface area is 125 Å². The van der Waals surface area contributed by atoms with E-state index in [2.05, 4.69) is 4.90 Å². The highest BCUT2D eigenvalue weighted by Gasteiger charge is 2.33. The van der Waals surface area contributed by atoms with E-state index in [-0.39, 0.29) is 11.8 Å². The van der Waals surface area contributed by atoms with Gasteiger partial charge in [0.2, 0.25) is 0 Å². The van der Waals surface area contributed by atoms with E-state index in [9.17, 15) is 9.18 Å². The summed E-state index contributed by atoms with van der Waals surface area (Å²) in [4.78, 5) is 14.6. The summed E-state index contributed by atoms with van der Waals surface area (Å²) in [6, 6.07) is 6.12. The number of carbonyl (C=O) groups is 1. The number of rotatable bonds is 3. The molecule has 0 spiro atoms. The fourth-order valence-corrected chi connectivity index (χ4v) is 3.62. The van der Waals surface area contributed by atoms with Crippen molar-refractivity contribution in [2.24, 2.45) is 5.92 Å². The van der Waals surface area contributed by atoms with Gasteiger partial charge in [-0.1, -0.05) is 6.42 Å². The molecule has 0 unspecified atom stereocenters. The van der Waals surface area contributed by atoms with Gasteiger partial charge < -0.3 is 4.74 Å². The van der Waals surface area contributed by atoms with Crippen molar-refractivity contribution in [3.05, 3.63) is 35.6 Å². The SMILES string of the molecule is O=C(OC[C@@H]1CCCN2CCCC[C@H]12)c1ccc(F)cc1. The lowest BCUT2D eigenvalue weighted by atomic mass is 9.84. The molecule has 2 heterocycles. The maximum atomic E-state index is 12.9. The van der Waals surface area contributed by atoms with Crippen LogP contribution < -0.4 is 0 Å². The van der Waals surface area contributed by atoms with Gasteiger partial charge in [0.25, 0.3) is 0 Å². The highest BCUT2D eigenvalue weighted by atomic mass is 19.1. The monoisotopic (exact) mass is 291 g/mol. The normalized spacial score (nSPS) is 26.1. The molecule has 0 bridgehead atoms. The molecule has 21 heavy (non-hydrogen) atoms. The number of nitrogens with zero attached hydrogens (tertiary/aromatic N) is 1. The number of benzene rings is 1. The summed E-state index contributed by atoms with van der Waals surface area (Å²) in [6.07, 6.45) is 6.12. The van der Waals surface area contributed by atoms with Crippen LogP contribution in [0.15, 0.2) is 24.3 Å². The van der Waals surface area contributed by atoms with Crippen molar-refractivity contribution in [1.82, 2.24) is 4.90 Å². The first kappa shape index (κ1) is 14.5. The molecule has 0 aromatic heterocycles. The Morgan fingerprint density at radius 1 is 1.14 bits per heavy atom. The lowest BCUT2D eigenvalue weighted by molar-refractivity contribution is 0.00738. The van der Waals surface area contributed by atoms with Gasteiger partial charge in [0.15, 0.2) is 0 Å². The van der Waals surface area contributed by atoms with Crippen LogP contribution in [0, 0.1) is 11.7 Å². The average Bonchev–Trinajstić information content (AvgIpc) is 2.53. The lowest BCUT2D eigenvalue weighted by Crippen LogP contribution is -2.49. The molecule has 2 aliphatic rings. The third-order valence-corrected chi connectivity index (χ3v) is 4.74. The number of fused-ring (bicyclic) bond motifs is 1. The summed E-state index contributed by atoms with van der Waals surface area (Å²) in [7, 11) is 0. The van der Waals surface area contributed by atoms with Gasteiger partial charge in [-0.3, -0.25) is 4.90 Å². The van der Waals surface area contributed by atoms with Crippen LogP contribution in [0.3, 0.4) is 0 Å². The molecule has 3 nitrogen and oxygen atoms in total. The van der Waals surface area contributed by atoms with E-state index in [1.54, 1.807) is 0 Å². The van der Waals surface area contributed by atoms with Gasteiger partial charge in [-0.25, -0.2) is 9.18 Å². The summed E-state index contributed by atoms with van der Waals surface area (Å²) >= 11 is 0. The number of halogens is 1. The number of ether oxygens (including phenoxy) is 1. The molecule has 0 amide bonds. The zero-order valence-electron chi connectivity index (χ0n) is 12.3. The molecule has 1 aromatic rings. The van der Waals surface area contributed by atoms with Gasteiger partial charge in [-0.15, -0.1) is 0 Å². The highest BCUT2D eigenvalue weighted by molar-refractivity contribution is 5.89. The Hall–Kier alpha value is -1.42. The van der Waals surface area contributed by atoms with Gasteiger partial charge in [0.1, 0.15) is 5.82 Å². The van der Waals surface area contributed by atoms with Crippen LogP contribution in [-0.4, -0.2) is 36.6 Å². The molecule has 114 valence electrons. The summed E-state index contributed by atoms with van der Waals surface area (Å²) < 4.78 is 18.3. The largest absolute Gasteiger partial charge is 0.462 e. The van der Waals surface area contributed by atoms with Crippen molar-refractivity contribution in [2.45, 2.75) is 38.1 Å². The Morgan fingerprint density at radius 3 is 2.71 bits per heavy atom. The quantitative estimate of drug-likeness (QED) is 0.801. The lowest BCUT2D eigenvalue weighted by Gasteiger charge is -2.44. The summed E-state index contributed by atoms with van der Waals surface area (Å²) in [5, 5.41) is 0. The Balaban J connectivity index is 1.56. The topological polar surface area (TPSA) is 29.5 Å². The minimum absolute atomic E-state index is 0.336. The first-order chi connectivity index (χ1) is 10.2. The van der Waals surface area contributed by atoms with Crippen molar-refractivity contribution in [3.63, 3.8) is 0 Å². The van der Waals surface area contributed by atoms with Crippen LogP contribution in [0.25, 0.3) is 0 Å². The van der Waals surface area contributed by atoms with Gasteiger partial charge in [0, 0.05) is 12.0 Å². The predicted molar refractivity (Wildman–Crippen MR) is 78.6 cm³/mol. The maximum Gasteiger partial charge on any atom is 0.338 e. The van der Waals surface area contributed by atoms with Crippen molar-refractivity contribution in [2.75, 3.05) is 19.7 Å². The van der Waals surface area contributed by atoms with Gasteiger partial charge in [-0.05, 0) is 63.0 Å². The molecular weight excluding hydrogens is 269 g/mol. The molecule has 2 saturated heterocycles. The van der Waals surface area contributed by atoms with Crippen molar-refractivity contribution in [3.8, 4) is 0 Å². The number of hydrogen-bond acceptors (Lipinski definition) is 3. The number of esters is 1. The van der Waals surface area contributed by atoms with Crippen LogP contribution >= 0.6 is 0 Å². The van der Waals surface area contributed by atoms with Gasteiger partial charge in [0.05, 0.1) is 12.2 Å². The number of hydrogen-bond donors (Lipinski definition) is 0. The van der Waals surface area contributed by atoms with E-state index >= 15 is 0 Å². The summed E-state index contributed by atoms with van der Waals surface area (Å²) in [6.45, 7) is 2.86. The van der Waals surface area contributed by atoms with Crippen LogP contribution in [0.5, 0.6) is 0 Å². The third kappa shape index (κ3) is 3.43. The van der Waals surface area contributed by atoms with Crippen molar-refractivity contribution >= 4 is 5.97 Å². The van der Waals surface area contributed by atoms with E-state index in [0.29, 0.717) is 24.1 Å². The zero-order chi connectivity index (χ0) is 14.7. The predicted octanol–water partition coefficient (Wildman–Crippen LogP) is 3.25. The minimum Gasteiger partial charge on any atom is -0.462 e. The first-order valence-corrected chi connectivity index (χ1v) is 7.91. The molecule has 4 heteroatoms. The molecule has 0 saturated carbocycles. The number of carbonyl (C=O) groups excluding carboxylic acids is 1. The van der Waals surface area contributed by atoms with Gasteiger partial charge >= 0.3 is 5.97 Å². The second kappa shape index (κ2) is 6.56.